The number of benzene rings is 7. The Bertz CT molecular complexity index is 3290. The van der Waals surface area contributed by atoms with Gasteiger partial charge in [0.2, 0.25) is 0 Å². The minimum absolute atomic E-state index is 0.633. The Morgan fingerprint density at radius 3 is 1.89 bits per heavy atom. The molecule has 3 heterocycles. The van der Waals surface area contributed by atoms with Crippen molar-refractivity contribution in [3.8, 4) is 56.4 Å². The van der Waals surface area contributed by atoms with E-state index in [1.807, 2.05) is 94.5 Å². The summed E-state index contributed by atoms with van der Waals surface area (Å²) in [4.78, 5) is 15.3. The number of allylic oxidation sites excluding steroid dienone is 5. The number of furan rings is 2. The van der Waals surface area contributed by atoms with Crippen LogP contribution >= 0.6 is 0 Å². The molecule has 5 heteroatoms. The van der Waals surface area contributed by atoms with E-state index in [0.717, 1.165) is 83.7 Å². The van der Waals surface area contributed by atoms with Crippen LogP contribution in [0.2, 0.25) is 0 Å². The molecule has 296 valence electrons. The Balaban J connectivity index is 0.000000431. The fourth-order valence-corrected chi connectivity index (χ4v) is 8.06. The van der Waals surface area contributed by atoms with Gasteiger partial charge in [0.05, 0.1) is 0 Å². The maximum Gasteiger partial charge on any atom is 0.164 e. The minimum Gasteiger partial charge on any atom is -0.456 e. The second-order valence-electron chi connectivity index (χ2n) is 14.9. The zero-order chi connectivity index (χ0) is 41.9. The molecule has 0 aliphatic heterocycles. The standard InChI is InChI=1S/C46H27N3O2.C8H12.C2H6/c1-2-10-27(11-3-1)44-47-45(49-46(48-44)35-18-9-14-31-23-30-12-4-5-16-33(30)43(31)35)32-15-8-13-28(22-32)29-20-21-40-36(24-29)38-25-37-34-17-6-7-19-39(34)50-41(37)26-42(38)51-40;1-4-5-6-7-8(2)3;1-2/h1-22,24-26H,23H2;4-7H,2H2,1,3H3;1-2H3/b;5-4-,7-6-;. The van der Waals surface area contributed by atoms with E-state index in [0.29, 0.717) is 17.5 Å². The van der Waals surface area contributed by atoms with E-state index in [1.54, 1.807) is 0 Å². The third kappa shape index (κ3) is 7.58. The number of nitrogens with zero attached hydrogens (tertiary/aromatic N) is 3. The molecular formula is C56H45N3O2. The van der Waals surface area contributed by atoms with Gasteiger partial charge in [-0.25, -0.2) is 15.0 Å². The first-order valence-electron chi connectivity index (χ1n) is 20.9. The van der Waals surface area contributed by atoms with Gasteiger partial charge in [-0.05, 0) is 84.0 Å². The van der Waals surface area contributed by atoms with Gasteiger partial charge in [0.15, 0.2) is 17.5 Å². The lowest BCUT2D eigenvalue weighted by molar-refractivity contribution is 0.656. The summed E-state index contributed by atoms with van der Waals surface area (Å²) in [5.74, 6) is 1.95. The second-order valence-corrected chi connectivity index (χ2v) is 14.9. The molecule has 0 radical (unpaired) electrons. The molecule has 0 N–H and O–H groups in total. The van der Waals surface area contributed by atoms with Crippen molar-refractivity contribution in [1.82, 2.24) is 15.0 Å². The molecule has 0 fully saturated rings. The first kappa shape index (κ1) is 38.9. The Labute approximate surface area is 356 Å². The molecule has 0 amide bonds. The summed E-state index contributed by atoms with van der Waals surface area (Å²) in [5, 5.41) is 4.31. The number of hydrogen-bond donors (Lipinski definition) is 0. The first-order chi connectivity index (χ1) is 30.0. The summed E-state index contributed by atoms with van der Waals surface area (Å²) in [6, 6.07) is 52.4. The van der Waals surface area contributed by atoms with Gasteiger partial charge in [-0.15, -0.1) is 0 Å². The summed E-state index contributed by atoms with van der Waals surface area (Å²) < 4.78 is 12.5. The quantitative estimate of drug-likeness (QED) is 0.157. The van der Waals surface area contributed by atoms with Crippen LogP contribution in [0.4, 0.5) is 0 Å². The number of rotatable bonds is 6. The maximum atomic E-state index is 6.32. The highest BCUT2D eigenvalue weighted by Gasteiger charge is 2.24. The average molecular weight is 792 g/mol. The third-order valence-electron chi connectivity index (χ3n) is 10.8. The molecule has 0 bridgehead atoms. The van der Waals surface area contributed by atoms with Crippen molar-refractivity contribution in [1.29, 1.82) is 0 Å². The van der Waals surface area contributed by atoms with E-state index in [1.165, 1.54) is 22.3 Å². The molecule has 0 unspecified atom stereocenters. The van der Waals surface area contributed by atoms with Gasteiger partial charge < -0.3 is 8.83 Å². The molecule has 1 aliphatic carbocycles. The van der Waals surface area contributed by atoms with Gasteiger partial charge >= 0.3 is 0 Å². The summed E-state index contributed by atoms with van der Waals surface area (Å²) in [5.41, 5.74) is 14.6. The van der Waals surface area contributed by atoms with Crippen LogP contribution in [0, 0.1) is 0 Å². The van der Waals surface area contributed by atoms with Crippen LogP contribution in [-0.4, -0.2) is 15.0 Å². The lowest BCUT2D eigenvalue weighted by Gasteiger charge is -2.12. The molecule has 0 saturated heterocycles. The Morgan fingerprint density at radius 1 is 0.492 bits per heavy atom. The fraction of sp³-hybridized carbons (Fsp3) is 0.0893. The molecule has 0 spiro atoms. The first-order valence-corrected chi connectivity index (χ1v) is 20.9. The normalized spacial score (nSPS) is 11.8. The number of para-hydroxylation sites is 1. The van der Waals surface area contributed by atoms with Crippen molar-refractivity contribution in [2.75, 3.05) is 0 Å². The van der Waals surface area contributed by atoms with Crippen LogP contribution in [0.15, 0.2) is 197 Å². The van der Waals surface area contributed by atoms with Crippen molar-refractivity contribution >= 4 is 43.9 Å². The smallest absolute Gasteiger partial charge is 0.164 e. The van der Waals surface area contributed by atoms with E-state index < -0.39 is 0 Å². The van der Waals surface area contributed by atoms with Crippen LogP contribution < -0.4 is 0 Å². The van der Waals surface area contributed by atoms with Crippen LogP contribution in [0.5, 0.6) is 0 Å². The Kier molecular flexibility index (Phi) is 10.8. The lowest BCUT2D eigenvalue weighted by Crippen LogP contribution is -2.01. The molecule has 0 saturated carbocycles. The largest absolute Gasteiger partial charge is 0.456 e. The topological polar surface area (TPSA) is 65.0 Å². The molecular weight excluding hydrogens is 747 g/mol. The molecule has 1 aliphatic rings. The number of fused-ring (bicyclic) bond motifs is 9. The van der Waals surface area contributed by atoms with Gasteiger partial charge in [0.25, 0.3) is 0 Å². The molecule has 3 aromatic heterocycles. The van der Waals surface area contributed by atoms with Crippen LogP contribution in [0.1, 0.15) is 38.8 Å². The predicted octanol–water partition coefficient (Wildman–Crippen LogP) is 15.6. The molecule has 11 rings (SSSR count). The fourth-order valence-electron chi connectivity index (χ4n) is 8.06. The van der Waals surface area contributed by atoms with E-state index in [-0.39, 0.29) is 0 Å². The lowest BCUT2D eigenvalue weighted by atomic mass is 9.98. The second kappa shape index (κ2) is 16.9. The number of hydrogen-bond acceptors (Lipinski definition) is 5. The van der Waals surface area contributed by atoms with Crippen molar-refractivity contribution in [2.45, 2.75) is 34.1 Å². The van der Waals surface area contributed by atoms with E-state index in [4.69, 9.17) is 23.8 Å². The third-order valence-corrected chi connectivity index (χ3v) is 10.8. The Morgan fingerprint density at radius 2 is 1.08 bits per heavy atom. The molecule has 61 heavy (non-hydrogen) atoms. The predicted molar refractivity (Wildman–Crippen MR) is 254 cm³/mol. The van der Waals surface area contributed by atoms with Gasteiger partial charge in [-0.3, -0.25) is 0 Å². The molecule has 10 aromatic rings. The minimum atomic E-state index is 0.633. The summed E-state index contributed by atoms with van der Waals surface area (Å²) >= 11 is 0. The van der Waals surface area contributed by atoms with Crippen LogP contribution in [0.25, 0.3) is 100 Å². The summed E-state index contributed by atoms with van der Waals surface area (Å²) in [6.45, 7) is 11.7. The van der Waals surface area contributed by atoms with Crippen molar-refractivity contribution in [2.24, 2.45) is 0 Å². The van der Waals surface area contributed by atoms with Crippen LogP contribution in [-0.2, 0) is 6.42 Å². The van der Waals surface area contributed by atoms with Gasteiger partial charge in [0.1, 0.15) is 22.3 Å². The highest BCUT2D eigenvalue weighted by molar-refractivity contribution is 6.15. The van der Waals surface area contributed by atoms with Crippen molar-refractivity contribution in [3.05, 3.63) is 199 Å². The maximum absolute atomic E-state index is 6.32. The SMILES string of the molecule is C=C(C)/C=C\C=C/C.CC.c1ccc(-c2nc(-c3cccc(-c4ccc5oc6cc7oc8ccccc8c7cc6c5c4)c3)nc(-c3cccc4c3-c3ccccc3C4)n2)cc1. The van der Waals surface area contributed by atoms with Crippen molar-refractivity contribution < 1.29 is 8.83 Å². The van der Waals surface area contributed by atoms with Gasteiger partial charge in [-0.2, -0.15) is 0 Å². The van der Waals surface area contributed by atoms with E-state index >= 15 is 0 Å². The van der Waals surface area contributed by atoms with Gasteiger partial charge in [-0.1, -0.05) is 166 Å². The molecule has 7 aromatic carbocycles. The molecule has 0 atom stereocenters. The highest BCUT2D eigenvalue weighted by atomic mass is 16.3. The number of aromatic nitrogens is 3. The summed E-state index contributed by atoms with van der Waals surface area (Å²) in [6.07, 6.45) is 8.82. The molecule has 5 nitrogen and oxygen atoms in total. The highest BCUT2D eigenvalue weighted by Crippen LogP contribution is 2.43. The monoisotopic (exact) mass is 791 g/mol. The van der Waals surface area contributed by atoms with E-state index in [9.17, 15) is 0 Å². The zero-order valence-corrected chi connectivity index (χ0v) is 34.8. The summed E-state index contributed by atoms with van der Waals surface area (Å²) in [7, 11) is 0. The van der Waals surface area contributed by atoms with Crippen molar-refractivity contribution in [3.63, 3.8) is 0 Å². The zero-order valence-electron chi connectivity index (χ0n) is 34.8. The average Bonchev–Trinajstić information content (AvgIpc) is 3.99. The van der Waals surface area contributed by atoms with E-state index in [2.05, 4.69) is 116 Å². The van der Waals surface area contributed by atoms with Crippen LogP contribution in [0.3, 0.4) is 0 Å². The Hall–Kier alpha value is -7.63. The van der Waals surface area contributed by atoms with Gasteiger partial charge in [0, 0.05) is 44.3 Å².